The highest BCUT2D eigenvalue weighted by Crippen LogP contribution is 2.29. The fraction of sp³-hybridized carbons (Fsp3) is 0. The Hall–Kier alpha value is -3.45. The smallest absolute Gasteiger partial charge is 0.339 e. The summed E-state index contributed by atoms with van der Waals surface area (Å²) in [5.41, 5.74) is 0. The van der Waals surface area contributed by atoms with Crippen LogP contribution in [-0.4, -0.2) is 8.42 Å². The van der Waals surface area contributed by atoms with Crippen LogP contribution in [0.5, 0.6) is 5.75 Å². The van der Waals surface area contributed by atoms with Gasteiger partial charge in [0.05, 0.1) is 0 Å². The van der Waals surface area contributed by atoms with Crippen LogP contribution in [0, 0.1) is 0 Å². The molecule has 0 aromatic heterocycles. The average Bonchev–Trinajstić information content (AvgIpc) is 2.92. The van der Waals surface area contributed by atoms with Gasteiger partial charge in [-0.1, -0.05) is 96.3 Å². The van der Waals surface area contributed by atoms with E-state index in [9.17, 15) is 8.42 Å². The van der Waals surface area contributed by atoms with Crippen LogP contribution in [0.1, 0.15) is 0 Å². The summed E-state index contributed by atoms with van der Waals surface area (Å²) in [6.07, 6.45) is 0. The van der Waals surface area contributed by atoms with Gasteiger partial charge in [-0.2, -0.15) is 8.42 Å². The van der Waals surface area contributed by atoms with Crippen LogP contribution in [0.3, 0.4) is 0 Å². The highest BCUT2D eigenvalue weighted by Gasteiger charge is 2.15. The Labute approximate surface area is 221 Å². The minimum atomic E-state index is -3.79. The Balaban J connectivity index is 0.000000197. The van der Waals surface area contributed by atoms with E-state index in [1.165, 1.54) is 21.9 Å². The van der Waals surface area contributed by atoms with E-state index in [2.05, 4.69) is 48.5 Å². The third-order valence-corrected chi connectivity index (χ3v) is 8.06. The van der Waals surface area contributed by atoms with E-state index in [0.717, 1.165) is 9.79 Å². The molecule has 3 nitrogen and oxygen atoms in total. The third-order valence-electron chi connectivity index (χ3n) is 4.76. The molecule has 0 aliphatic carbocycles. The zero-order valence-electron chi connectivity index (χ0n) is 19.3. The maximum Gasteiger partial charge on any atom is 0.339 e. The molecule has 0 heterocycles. The summed E-state index contributed by atoms with van der Waals surface area (Å²) in [5, 5.41) is 0. The second-order valence-electron chi connectivity index (χ2n) is 7.47. The molecule has 0 unspecified atom stereocenters. The summed E-state index contributed by atoms with van der Waals surface area (Å²) >= 11 is 3.39. The summed E-state index contributed by atoms with van der Waals surface area (Å²) in [6.45, 7) is 0. The molecule has 5 aromatic rings. The lowest BCUT2D eigenvalue weighted by Gasteiger charge is -2.07. The molecule has 0 bridgehead atoms. The zero-order valence-corrected chi connectivity index (χ0v) is 21.8. The van der Waals surface area contributed by atoms with Gasteiger partial charge in [-0.15, -0.1) is 0 Å². The number of hydrogen-bond donors (Lipinski definition) is 0. The predicted octanol–water partition coefficient (Wildman–Crippen LogP) is 8.44. The summed E-state index contributed by atoms with van der Waals surface area (Å²) in [4.78, 5) is 4.85. The molecule has 0 aliphatic rings. The third kappa shape index (κ3) is 8.05. The molecule has 180 valence electrons. The first-order valence-electron chi connectivity index (χ1n) is 11.2. The second-order valence-corrected chi connectivity index (χ2v) is 11.3. The van der Waals surface area contributed by atoms with Crippen molar-refractivity contribution in [1.82, 2.24) is 0 Å². The monoisotopic (exact) mass is 528 g/mol. The molecule has 0 atom stereocenters. The summed E-state index contributed by atoms with van der Waals surface area (Å²) in [7, 11) is -3.79. The highest BCUT2D eigenvalue weighted by atomic mass is 32.2. The van der Waals surface area contributed by atoms with Gasteiger partial charge in [0.2, 0.25) is 0 Å². The largest absolute Gasteiger partial charge is 0.379 e. The molecular weight excluding hydrogens is 505 g/mol. The van der Waals surface area contributed by atoms with Crippen molar-refractivity contribution in [1.29, 1.82) is 0 Å². The lowest BCUT2D eigenvalue weighted by molar-refractivity contribution is 0.486. The van der Waals surface area contributed by atoms with Gasteiger partial charge in [-0.3, -0.25) is 0 Å². The fourth-order valence-electron chi connectivity index (χ4n) is 3.06. The highest BCUT2D eigenvalue weighted by molar-refractivity contribution is 7.99. The first-order chi connectivity index (χ1) is 17.6. The Morgan fingerprint density at radius 3 is 1.14 bits per heavy atom. The molecule has 0 aliphatic heterocycles. The van der Waals surface area contributed by atoms with Gasteiger partial charge in [0.1, 0.15) is 10.6 Å². The van der Waals surface area contributed by atoms with E-state index < -0.39 is 10.1 Å². The van der Waals surface area contributed by atoms with Crippen LogP contribution < -0.4 is 4.18 Å². The average molecular weight is 529 g/mol. The minimum absolute atomic E-state index is 0.141. The Morgan fingerprint density at radius 1 is 0.417 bits per heavy atom. The Kier molecular flexibility index (Phi) is 9.27. The molecule has 0 saturated heterocycles. The maximum atomic E-state index is 12.2. The zero-order chi connectivity index (χ0) is 25.1. The van der Waals surface area contributed by atoms with E-state index in [1.54, 1.807) is 53.9 Å². The van der Waals surface area contributed by atoms with Crippen LogP contribution in [0.4, 0.5) is 0 Å². The molecule has 0 radical (unpaired) electrons. The maximum absolute atomic E-state index is 12.2. The van der Waals surface area contributed by atoms with Crippen molar-refractivity contribution in [2.75, 3.05) is 0 Å². The van der Waals surface area contributed by atoms with Crippen LogP contribution in [0.15, 0.2) is 170 Å². The second kappa shape index (κ2) is 13.0. The number of benzene rings is 5. The van der Waals surface area contributed by atoms with Crippen molar-refractivity contribution < 1.29 is 12.6 Å². The van der Waals surface area contributed by atoms with Crippen LogP contribution in [0.25, 0.3) is 0 Å². The number of rotatable bonds is 7. The van der Waals surface area contributed by atoms with Crippen LogP contribution in [0.2, 0.25) is 0 Å². The molecule has 0 N–H and O–H groups in total. The van der Waals surface area contributed by atoms with E-state index >= 15 is 0 Å². The minimum Gasteiger partial charge on any atom is -0.379 e. The first kappa shape index (κ1) is 25.6. The van der Waals surface area contributed by atoms with Crippen molar-refractivity contribution >= 4 is 33.6 Å². The van der Waals surface area contributed by atoms with Gasteiger partial charge in [0, 0.05) is 19.6 Å². The molecule has 36 heavy (non-hydrogen) atoms. The standard InChI is InChI=1S/C18H14O3S2.C12H10S/c19-23(20,18-9-5-2-6-10-18)21-15-11-13-17(14-12-15)22-16-7-3-1-4-8-16;1-3-7-11(8-4-1)13-12-9-5-2-6-10-12/h1-14H;1-10H. The van der Waals surface area contributed by atoms with Gasteiger partial charge in [0.25, 0.3) is 0 Å². The number of hydrogen-bond acceptors (Lipinski definition) is 5. The van der Waals surface area contributed by atoms with Crippen molar-refractivity contribution in [3.8, 4) is 5.75 Å². The van der Waals surface area contributed by atoms with E-state index in [-0.39, 0.29) is 4.90 Å². The van der Waals surface area contributed by atoms with Crippen molar-refractivity contribution in [3.05, 3.63) is 146 Å². The van der Waals surface area contributed by atoms with E-state index in [1.807, 2.05) is 54.6 Å². The van der Waals surface area contributed by atoms with Gasteiger partial charge < -0.3 is 4.18 Å². The quantitative estimate of drug-likeness (QED) is 0.198. The van der Waals surface area contributed by atoms with Crippen LogP contribution in [-0.2, 0) is 10.1 Å². The lowest BCUT2D eigenvalue weighted by atomic mass is 10.3. The lowest BCUT2D eigenvalue weighted by Crippen LogP contribution is -2.09. The summed E-state index contributed by atoms with van der Waals surface area (Å²) < 4.78 is 29.5. The molecule has 6 heteroatoms. The molecule has 5 rings (SSSR count). The predicted molar refractivity (Wildman–Crippen MR) is 148 cm³/mol. The normalized spacial score (nSPS) is 10.7. The van der Waals surface area contributed by atoms with Gasteiger partial charge in [-0.25, -0.2) is 0 Å². The SMILES string of the molecule is O=S(=O)(Oc1ccc(Sc2ccccc2)cc1)c1ccccc1.c1ccc(Sc2ccccc2)cc1. The Morgan fingerprint density at radius 2 is 0.750 bits per heavy atom. The molecule has 0 saturated carbocycles. The molecular formula is C30H24O3S3. The summed E-state index contributed by atoms with van der Waals surface area (Å²) in [5.74, 6) is 0.297. The first-order valence-corrected chi connectivity index (χ1v) is 14.2. The van der Waals surface area contributed by atoms with E-state index in [0.29, 0.717) is 5.75 Å². The topological polar surface area (TPSA) is 43.4 Å². The Bertz CT molecular complexity index is 1390. The van der Waals surface area contributed by atoms with Gasteiger partial charge >= 0.3 is 10.1 Å². The fourth-order valence-corrected chi connectivity index (χ4v) is 5.71. The molecule has 5 aromatic carbocycles. The van der Waals surface area contributed by atoms with E-state index in [4.69, 9.17) is 4.18 Å². The van der Waals surface area contributed by atoms with Crippen LogP contribution >= 0.6 is 23.5 Å². The van der Waals surface area contributed by atoms with Gasteiger partial charge in [-0.05, 0) is 72.8 Å². The molecule has 0 fully saturated rings. The van der Waals surface area contributed by atoms with Crippen molar-refractivity contribution in [3.63, 3.8) is 0 Å². The molecule has 0 spiro atoms. The van der Waals surface area contributed by atoms with Gasteiger partial charge in [0.15, 0.2) is 0 Å². The van der Waals surface area contributed by atoms with Crippen molar-refractivity contribution in [2.45, 2.75) is 24.5 Å². The van der Waals surface area contributed by atoms with Crippen molar-refractivity contribution in [2.24, 2.45) is 0 Å². The summed E-state index contributed by atoms with van der Waals surface area (Å²) in [6, 6.07) is 45.9. The molecule has 0 amide bonds.